The highest BCUT2D eigenvalue weighted by Crippen LogP contribution is 2.55. The Hall–Kier alpha value is -1.99. The number of ether oxygens (including phenoxy) is 1. The van der Waals surface area contributed by atoms with E-state index in [-0.39, 0.29) is 18.1 Å². The fourth-order valence-electron chi connectivity index (χ4n) is 5.34. The number of aromatic nitrogens is 2. The predicted molar refractivity (Wildman–Crippen MR) is 104 cm³/mol. The number of piperidine rings is 1. The van der Waals surface area contributed by atoms with Crippen LogP contribution >= 0.6 is 0 Å². The molecule has 4 aliphatic rings. The lowest BCUT2D eigenvalue weighted by atomic mass is 9.92. The van der Waals surface area contributed by atoms with Crippen LogP contribution in [-0.4, -0.2) is 48.2 Å². The number of esters is 1. The van der Waals surface area contributed by atoms with Crippen molar-refractivity contribution in [1.29, 1.82) is 0 Å². The van der Waals surface area contributed by atoms with E-state index in [4.69, 9.17) is 9.72 Å². The van der Waals surface area contributed by atoms with Crippen molar-refractivity contribution in [3.05, 3.63) is 11.3 Å². The summed E-state index contributed by atoms with van der Waals surface area (Å²) in [7, 11) is 0. The third-order valence-electron chi connectivity index (χ3n) is 7.19. The van der Waals surface area contributed by atoms with Gasteiger partial charge in [-0.3, -0.25) is 4.79 Å². The first-order valence-corrected chi connectivity index (χ1v) is 10.9. The molecule has 6 nitrogen and oxygen atoms in total. The molecule has 0 radical (unpaired) electrons. The Labute approximate surface area is 169 Å². The number of anilines is 2. The first-order valence-electron chi connectivity index (χ1n) is 10.9. The summed E-state index contributed by atoms with van der Waals surface area (Å²) < 4.78 is 34.5. The highest BCUT2D eigenvalue weighted by atomic mass is 19.3. The first kappa shape index (κ1) is 19.0. The number of carbonyl (C=O) groups excluding carboxylic acids is 1. The normalized spacial score (nSPS) is 31.7. The molecule has 158 valence electrons. The Morgan fingerprint density at radius 3 is 2.66 bits per heavy atom. The van der Waals surface area contributed by atoms with Crippen molar-refractivity contribution in [2.45, 2.75) is 57.9 Å². The fourth-order valence-corrected chi connectivity index (χ4v) is 5.34. The highest BCUT2D eigenvalue weighted by Gasteiger charge is 2.57. The van der Waals surface area contributed by atoms with Crippen molar-refractivity contribution in [1.82, 2.24) is 9.97 Å². The lowest BCUT2D eigenvalue weighted by Gasteiger charge is -2.40. The minimum atomic E-state index is -2.89. The monoisotopic (exact) mass is 406 g/mol. The molecule has 1 saturated carbocycles. The van der Waals surface area contributed by atoms with Crippen molar-refractivity contribution < 1.29 is 18.3 Å². The van der Waals surface area contributed by atoms with Crippen LogP contribution < -0.4 is 9.80 Å². The molecule has 3 fully saturated rings. The van der Waals surface area contributed by atoms with Crippen LogP contribution in [0.25, 0.3) is 0 Å². The van der Waals surface area contributed by atoms with Gasteiger partial charge in [-0.1, -0.05) is 0 Å². The standard InChI is InChI=1S/C21H28F2N4O2/c1-3-29-17(28)9-14-15-10-26(11-16(14)15)19-13-5-4-7-21(22,23)18(13)24-20(25-19)27-8-6-12(27)2/h12,14-16H,3-11H2,1-2H3/t12-,14-,15-,16+/m0/s1. The summed E-state index contributed by atoms with van der Waals surface area (Å²) in [6, 6.07) is 0.291. The maximum absolute atomic E-state index is 14.7. The predicted octanol–water partition coefficient (Wildman–Crippen LogP) is 3.14. The van der Waals surface area contributed by atoms with Gasteiger partial charge >= 0.3 is 5.97 Å². The fraction of sp³-hybridized carbons (Fsp3) is 0.762. The number of carbonyl (C=O) groups is 1. The van der Waals surface area contributed by atoms with Gasteiger partial charge in [0.25, 0.3) is 5.92 Å². The molecule has 29 heavy (non-hydrogen) atoms. The molecule has 0 spiro atoms. The van der Waals surface area contributed by atoms with E-state index in [2.05, 4.69) is 16.8 Å². The largest absolute Gasteiger partial charge is 0.466 e. The molecule has 0 N–H and O–H groups in total. The molecule has 0 unspecified atom stereocenters. The minimum Gasteiger partial charge on any atom is -0.466 e. The van der Waals surface area contributed by atoms with E-state index < -0.39 is 5.92 Å². The highest BCUT2D eigenvalue weighted by molar-refractivity contribution is 5.70. The molecule has 1 aromatic heterocycles. The molecule has 1 aromatic rings. The number of alkyl halides is 2. The number of nitrogens with zero attached hydrogens (tertiary/aromatic N) is 4. The number of hydrogen-bond donors (Lipinski definition) is 0. The average molecular weight is 406 g/mol. The van der Waals surface area contributed by atoms with E-state index in [1.54, 1.807) is 0 Å². The van der Waals surface area contributed by atoms with Gasteiger partial charge in [0.15, 0.2) is 0 Å². The van der Waals surface area contributed by atoms with Gasteiger partial charge in [-0.25, -0.2) is 4.98 Å². The Morgan fingerprint density at radius 1 is 1.28 bits per heavy atom. The molecule has 3 heterocycles. The van der Waals surface area contributed by atoms with Gasteiger partial charge in [0.1, 0.15) is 11.5 Å². The molecule has 2 saturated heterocycles. The number of rotatable bonds is 5. The first-order chi connectivity index (χ1) is 13.9. The molecule has 0 aromatic carbocycles. The second kappa shape index (κ2) is 6.77. The minimum absolute atomic E-state index is 0.0634. The van der Waals surface area contributed by atoms with Crippen LogP contribution in [0.3, 0.4) is 0 Å². The quantitative estimate of drug-likeness (QED) is 0.701. The summed E-state index contributed by atoms with van der Waals surface area (Å²) >= 11 is 0. The number of hydrogen-bond acceptors (Lipinski definition) is 6. The lowest BCUT2D eigenvalue weighted by molar-refractivity contribution is -0.143. The van der Waals surface area contributed by atoms with Crippen molar-refractivity contribution in [2.75, 3.05) is 36.0 Å². The summed E-state index contributed by atoms with van der Waals surface area (Å²) in [6.07, 6.45) is 2.43. The van der Waals surface area contributed by atoms with E-state index in [0.29, 0.717) is 67.0 Å². The zero-order chi connectivity index (χ0) is 20.3. The van der Waals surface area contributed by atoms with Crippen LogP contribution in [-0.2, 0) is 21.9 Å². The van der Waals surface area contributed by atoms with Crippen molar-refractivity contribution in [2.24, 2.45) is 17.8 Å². The second-order valence-electron chi connectivity index (χ2n) is 8.97. The Balaban J connectivity index is 1.40. The smallest absolute Gasteiger partial charge is 0.306 e. The van der Waals surface area contributed by atoms with Crippen molar-refractivity contribution in [3.8, 4) is 0 Å². The molecule has 5 rings (SSSR count). The van der Waals surface area contributed by atoms with Crippen LogP contribution in [0.4, 0.5) is 20.5 Å². The number of halogens is 2. The summed E-state index contributed by atoms with van der Waals surface area (Å²) in [5.74, 6) is -0.649. The van der Waals surface area contributed by atoms with E-state index in [9.17, 15) is 13.6 Å². The molecule has 0 bridgehead atoms. The molecule has 2 aliphatic heterocycles. The lowest BCUT2D eigenvalue weighted by Crippen LogP contribution is -2.47. The van der Waals surface area contributed by atoms with Crippen LogP contribution in [0.5, 0.6) is 0 Å². The van der Waals surface area contributed by atoms with E-state index in [1.807, 2.05) is 11.8 Å². The maximum atomic E-state index is 14.7. The molecule has 2 aliphatic carbocycles. The van der Waals surface area contributed by atoms with Gasteiger partial charge in [-0.2, -0.15) is 13.8 Å². The van der Waals surface area contributed by atoms with Crippen LogP contribution in [0.2, 0.25) is 0 Å². The Bertz CT molecular complexity index is 821. The summed E-state index contributed by atoms with van der Waals surface area (Å²) in [5.41, 5.74) is 0.563. The molecule has 8 heteroatoms. The van der Waals surface area contributed by atoms with Gasteiger partial charge in [0.2, 0.25) is 5.95 Å². The Kier molecular flexibility index (Phi) is 4.44. The van der Waals surface area contributed by atoms with Gasteiger partial charge in [-0.05, 0) is 50.9 Å². The summed E-state index contributed by atoms with van der Waals surface area (Å²) in [5, 5.41) is 0. The Morgan fingerprint density at radius 2 is 2.03 bits per heavy atom. The van der Waals surface area contributed by atoms with Crippen LogP contribution in [0.1, 0.15) is 50.8 Å². The SMILES string of the molecule is CCOC(=O)C[C@@H]1[C@H]2CN(c3nc(N4CC[C@@H]4C)nc4c3CCCC4(F)F)C[C@@H]12. The average Bonchev–Trinajstić information content (AvgIpc) is 3.10. The maximum Gasteiger partial charge on any atom is 0.306 e. The third-order valence-corrected chi connectivity index (χ3v) is 7.19. The molecule has 4 atom stereocenters. The summed E-state index contributed by atoms with van der Waals surface area (Å²) in [4.78, 5) is 25.1. The third kappa shape index (κ3) is 3.15. The topological polar surface area (TPSA) is 58.6 Å². The van der Waals surface area contributed by atoms with E-state index in [0.717, 1.165) is 26.1 Å². The van der Waals surface area contributed by atoms with E-state index in [1.165, 1.54) is 0 Å². The van der Waals surface area contributed by atoms with Crippen LogP contribution in [0.15, 0.2) is 0 Å². The van der Waals surface area contributed by atoms with Gasteiger partial charge in [0, 0.05) is 44.1 Å². The number of fused-ring (bicyclic) bond motifs is 2. The molecule has 0 amide bonds. The van der Waals surface area contributed by atoms with E-state index >= 15 is 0 Å². The van der Waals surface area contributed by atoms with Crippen molar-refractivity contribution in [3.63, 3.8) is 0 Å². The van der Waals surface area contributed by atoms with Gasteiger partial charge in [0.05, 0.1) is 6.61 Å². The van der Waals surface area contributed by atoms with Crippen molar-refractivity contribution >= 4 is 17.7 Å². The molecular weight excluding hydrogens is 378 g/mol. The second-order valence-corrected chi connectivity index (χ2v) is 8.97. The zero-order valence-corrected chi connectivity index (χ0v) is 17.0. The summed E-state index contributed by atoms with van der Waals surface area (Å²) in [6.45, 7) is 6.68. The van der Waals surface area contributed by atoms with Gasteiger partial charge < -0.3 is 14.5 Å². The van der Waals surface area contributed by atoms with Gasteiger partial charge in [-0.15, -0.1) is 0 Å². The molecular formula is C21H28F2N4O2. The van der Waals surface area contributed by atoms with Crippen LogP contribution in [0, 0.1) is 17.8 Å². The zero-order valence-electron chi connectivity index (χ0n) is 17.0.